The van der Waals surface area contributed by atoms with Gasteiger partial charge in [-0.2, -0.15) is 0 Å². The fourth-order valence-electron chi connectivity index (χ4n) is 7.57. The Hall–Kier alpha value is -6.33. The van der Waals surface area contributed by atoms with Crippen molar-refractivity contribution in [1.82, 2.24) is 9.97 Å². The highest BCUT2D eigenvalue weighted by atomic mass is 16.5. The van der Waals surface area contributed by atoms with Gasteiger partial charge in [-0.1, -0.05) is 118 Å². The van der Waals surface area contributed by atoms with Gasteiger partial charge >= 0.3 is 0 Å². The number of nitrogens with one attached hydrogen (secondary N) is 1. The highest BCUT2D eigenvalue weighted by Gasteiger charge is 2.15. The molecule has 0 aliphatic carbocycles. The molecule has 9 rings (SSSR count). The Morgan fingerprint density at radius 3 is 1.91 bits per heavy atom. The Balaban J connectivity index is 0.985. The molecule has 0 fully saturated rings. The second-order valence-electron chi connectivity index (χ2n) is 13.9. The van der Waals surface area contributed by atoms with E-state index >= 15 is 0 Å². The molecule has 258 valence electrons. The van der Waals surface area contributed by atoms with E-state index in [0.717, 1.165) is 79.6 Å². The number of ether oxygens (including phenoxy) is 1. The molecule has 0 spiro atoms. The molecule has 7 aromatic carbocycles. The average Bonchev–Trinajstić information content (AvgIpc) is 3.21. The van der Waals surface area contributed by atoms with E-state index in [2.05, 4.69) is 103 Å². The van der Waals surface area contributed by atoms with Crippen LogP contribution in [0.2, 0.25) is 0 Å². The molecule has 0 radical (unpaired) electrons. The van der Waals surface area contributed by atoms with Crippen molar-refractivity contribution in [2.45, 2.75) is 39.0 Å². The average molecular weight is 690 g/mol. The lowest BCUT2D eigenvalue weighted by molar-refractivity contribution is 0.102. The number of benzene rings is 7. The van der Waals surface area contributed by atoms with E-state index in [1.807, 2.05) is 48.5 Å². The third kappa shape index (κ3) is 6.29. The Morgan fingerprint density at radius 2 is 1.17 bits per heavy atom. The van der Waals surface area contributed by atoms with Gasteiger partial charge in [-0.3, -0.25) is 4.79 Å². The normalized spacial score (nSPS) is 11.6. The van der Waals surface area contributed by atoms with Gasteiger partial charge in [0.25, 0.3) is 5.91 Å². The van der Waals surface area contributed by atoms with Crippen LogP contribution in [-0.4, -0.2) is 22.5 Å². The van der Waals surface area contributed by atoms with Crippen molar-refractivity contribution in [3.8, 4) is 28.3 Å². The van der Waals surface area contributed by atoms with Gasteiger partial charge in [-0.25, -0.2) is 9.97 Å². The molecule has 0 bridgehead atoms. The van der Waals surface area contributed by atoms with Gasteiger partial charge in [0, 0.05) is 38.5 Å². The third-order valence-corrected chi connectivity index (χ3v) is 10.4. The van der Waals surface area contributed by atoms with Crippen molar-refractivity contribution < 1.29 is 9.53 Å². The van der Waals surface area contributed by atoms with E-state index in [1.165, 1.54) is 47.2 Å². The Labute approximate surface area is 308 Å². The van der Waals surface area contributed by atoms with Gasteiger partial charge in [0.2, 0.25) is 0 Å². The van der Waals surface area contributed by atoms with Crippen molar-refractivity contribution in [2.24, 2.45) is 0 Å². The number of pyridine rings is 2. The van der Waals surface area contributed by atoms with Crippen LogP contribution in [0.3, 0.4) is 0 Å². The molecule has 9 aromatic rings. The number of amides is 1. The molecule has 2 heterocycles. The Bertz CT molecular complexity index is 2760. The molecule has 0 saturated heterocycles. The van der Waals surface area contributed by atoms with Crippen molar-refractivity contribution in [1.29, 1.82) is 0 Å². The third-order valence-electron chi connectivity index (χ3n) is 10.4. The lowest BCUT2D eigenvalue weighted by Crippen LogP contribution is -2.12. The molecule has 2 aromatic heterocycles. The SMILES string of the molecule is CCCCCCCOc1ccc(-c2ccc3ccc4ccc(-c5cccc(C(=O)Nc6ccc7ccc8cccc9ccc6c7c89)c5)nc4c3n2)cc1. The highest BCUT2D eigenvalue weighted by Crippen LogP contribution is 2.38. The summed E-state index contributed by atoms with van der Waals surface area (Å²) in [4.78, 5) is 24.1. The van der Waals surface area contributed by atoms with Crippen LogP contribution < -0.4 is 10.1 Å². The molecule has 0 saturated carbocycles. The van der Waals surface area contributed by atoms with Crippen LogP contribution in [0.5, 0.6) is 5.75 Å². The maximum Gasteiger partial charge on any atom is 0.255 e. The first kappa shape index (κ1) is 32.6. The van der Waals surface area contributed by atoms with E-state index in [-0.39, 0.29) is 5.91 Å². The van der Waals surface area contributed by atoms with Gasteiger partial charge < -0.3 is 10.1 Å². The fraction of sp³-hybridized carbons (Fsp3) is 0.146. The number of rotatable bonds is 11. The second kappa shape index (κ2) is 14.0. The van der Waals surface area contributed by atoms with Crippen LogP contribution in [0.25, 0.3) is 76.6 Å². The number of carbonyl (C=O) groups excluding carboxylic acids is 1. The molecule has 1 amide bonds. The summed E-state index contributed by atoms with van der Waals surface area (Å²) < 4.78 is 6.00. The van der Waals surface area contributed by atoms with Gasteiger partial charge in [0.05, 0.1) is 29.0 Å². The Kier molecular flexibility index (Phi) is 8.61. The van der Waals surface area contributed by atoms with Crippen LogP contribution in [0, 0.1) is 0 Å². The van der Waals surface area contributed by atoms with Gasteiger partial charge in [0.15, 0.2) is 0 Å². The predicted molar refractivity (Wildman–Crippen MR) is 220 cm³/mol. The number of hydrogen-bond acceptors (Lipinski definition) is 4. The molecule has 0 atom stereocenters. The number of fused-ring (bicyclic) bond motifs is 3. The lowest BCUT2D eigenvalue weighted by Gasteiger charge is -2.15. The predicted octanol–water partition coefficient (Wildman–Crippen LogP) is 12.6. The number of hydrogen-bond donors (Lipinski definition) is 1. The lowest BCUT2D eigenvalue weighted by atomic mass is 9.93. The number of anilines is 1. The highest BCUT2D eigenvalue weighted by molar-refractivity contribution is 6.26. The first-order valence-electron chi connectivity index (χ1n) is 18.6. The summed E-state index contributed by atoms with van der Waals surface area (Å²) in [7, 11) is 0. The molecular weight excluding hydrogens is 651 g/mol. The minimum Gasteiger partial charge on any atom is -0.494 e. The number of carbonyl (C=O) groups is 1. The van der Waals surface area contributed by atoms with Crippen LogP contribution >= 0.6 is 0 Å². The van der Waals surface area contributed by atoms with E-state index < -0.39 is 0 Å². The first-order chi connectivity index (χ1) is 26.1. The largest absolute Gasteiger partial charge is 0.494 e. The molecule has 5 heteroatoms. The fourth-order valence-corrected chi connectivity index (χ4v) is 7.57. The van der Waals surface area contributed by atoms with Crippen molar-refractivity contribution in [3.63, 3.8) is 0 Å². The monoisotopic (exact) mass is 689 g/mol. The number of unbranched alkanes of at least 4 members (excludes halogenated alkanes) is 4. The summed E-state index contributed by atoms with van der Waals surface area (Å²) in [5.41, 5.74) is 6.59. The van der Waals surface area contributed by atoms with Crippen molar-refractivity contribution >= 4 is 65.7 Å². The maximum absolute atomic E-state index is 13.8. The summed E-state index contributed by atoms with van der Waals surface area (Å²) in [6.45, 7) is 2.98. The molecule has 5 nitrogen and oxygen atoms in total. The molecule has 0 aliphatic heterocycles. The van der Waals surface area contributed by atoms with Crippen molar-refractivity contribution in [3.05, 3.63) is 145 Å². The second-order valence-corrected chi connectivity index (χ2v) is 13.9. The zero-order valence-electron chi connectivity index (χ0n) is 29.7. The zero-order valence-corrected chi connectivity index (χ0v) is 29.7. The van der Waals surface area contributed by atoms with Crippen LogP contribution in [-0.2, 0) is 0 Å². The molecular formula is C48H39N3O2. The summed E-state index contributed by atoms with van der Waals surface area (Å²) in [5.74, 6) is 0.719. The minimum atomic E-state index is -0.164. The number of aromatic nitrogens is 2. The molecule has 1 N–H and O–H groups in total. The molecule has 0 aliphatic rings. The zero-order chi connectivity index (χ0) is 35.7. The smallest absolute Gasteiger partial charge is 0.255 e. The summed E-state index contributed by atoms with van der Waals surface area (Å²) >= 11 is 0. The van der Waals surface area contributed by atoms with Crippen LogP contribution in [0.15, 0.2) is 140 Å². The molecule has 53 heavy (non-hydrogen) atoms. The molecule has 0 unspecified atom stereocenters. The summed E-state index contributed by atoms with van der Waals surface area (Å²) in [6.07, 6.45) is 6.09. The van der Waals surface area contributed by atoms with E-state index in [0.29, 0.717) is 5.56 Å². The van der Waals surface area contributed by atoms with Crippen molar-refractivity contribution in [2.75, 3.05) is 11.9 Å². The Morgan fingerprint density at radius 1 is 0.566 bits per heavy atom. The quantitative estimate of drug-likeness (QED) is 0.108. The standard InChI is InChI=1S/C48H39N3O2/c1-2-3-4-5-6-29-53-39-23-17-31(18-24-39)41-26-21-35-15-16-36-22-27-42(50-47(36)46(35)49-41)37-11-8-12-38(30-37)48(52)51-43-28-20-34-14-13-32-9-7-10-33-19-25-40(43)45(34)44(32)33/h7-28,30H,2-6,29H2,1H3,(H,51,52). The van der Waals surface area contributed by atoms with E-state index in [4.69, 9.17) is 14.7 Å². The van der Waals surface area contributed by atoms with Crippen LogP contribution in [0.1, 0.15) is 49.4 Å². The summed E-state index contributed by atoms with van der Waals surface area (Å²) in [5, 5.41) is 12.2. The maximum atomic E-state index is 13.8. The van der Waals surface area contributed by atoms with E-state index in [9.17, 15) is 4.79 Å². The van der Waals surface area contributed by atoms with Gasteiger partial charge in [-0.05, 0) is 87.9 Å². The van der Waals surface area contributed by atoms with Gasteiger partial charge in [0.1, 0.15) is 5.75 Å². The number of nitrogens with zero attached hydrogens (tertiary/aromatic N) is 2. The first-order valence-corrected chi connectivity index (χ1v) is 18.6. The van der Waals surface area contributed by atoms with E-state index in [1.54, 1.807) is 0 Å². The topological polar surface area (TPSA) is 64.1 Å². The van der Waals surface area contributed by atoms with Crippen LogP contribution in [0.4, 0.5) is 5.69 Å². The summed E-state index contributed by atoms with van der Waals surface area (Å²) in [6, 6.07) is 47.3. The van der Waals surface area contributed by atoms with Gasteiger partial charge in [-0.15, -0.1) is 0 Å². The minimum absolute atomic E-state index is 0.164.